The van der Waals surface area contributed by atoms with Gasteiger partial charge in [0.05, 0.1) is 0 Å². The van der Waals surface area contributed by atoms with Gasteiger partial charge in [0.15, 0.2) is 16.0 Å². The zero-order chi connectivity index (χ0) is 27.8. The average Bonchev–Trinajstić information content (AvgIpc) is 3.33. The minimum Gasteiger partial charge on any atom is -0.488 e. The van der Waals surface area contributed by atoms with Gasteiger partial charge in [-0.1, -0.05) is 16.9 Å². The van der Waals surface area contributed by atoms with Crippen LogP contribution in [-0.2, 0) is 31.0 Å². The normalized spacial score (nSPS) is 24.9. The molecule has 0 bridgehead atoms. The van der Waals surface area contributed by atoms with E-state index >= 15 is 0 Å². The molecular weight excluding hydrogens is 564 g/mol. The van der Waals surface area contributed by atoms with E-state index in [-0.39, 0.29) is 39.7 Å². The topological polar surface area (TPSA) is 224 Å². The highest BCUT2D eigenvalue weighted by molar-refractivity contribution is 8.00. The van der Waals surface area contributed by atoms with Crippen molar-refractivity contribution in [1.29, 1.82) is 0 Å². The summed E-state index contributed by atoms with van der Waals surface area (Å²) in [6.07, 6.45) is 0. The fourth-order valence-electron chi connectivity index (χ4n) is 3.87. The Balaban J connectivity index is 1.52. The Labute approximate surface area is 226 Å². The maximum atomic E-state index is 13.3. The van der Waals surface area contributed by atoms with E-state index in [0.29, 0.717) is 0 Å². The number of thioether (sulfide) groups is 2. The highest BCUT2D eigenvalue weighted by atomic mass is 32.2. The molecular formula is C19H22N8O8S3. The van der Waals surface area contributed by atoms with E-state index < -0.39 is 45.7 Å². The number of fused-ring (bicyclic) bond motifs is 1. The van der Waals surface area contributed by atoms with Gasteiger partial charge < -0.3 is 35.7 Å². The van der Waals surface area contributed by atoms with Crippen molar-refractivity contribution in [2.45, 2.75) is 16.3 Å². The molecule has 2 aliphatic rings. The van der Waals surface area contributed by atoms with E-state index in [4.69, 9.17) is 15.3 Å². The first-order chi connectivity index (χ1) is 18.0. The quantitative estimate of drug-likeness (QED) is 0.0863. The average molecular weight is 587 g/mol. The number of hydrogen-bond donors (Lipinski definition) is 4. The van der Waals surface area contributed by atoms with Crippen molar-refractivity contribution < 1.29 is 34.2 Å². The van der Waals surface area contributed by atoms with E-state index in [0.717, 1.165) is 39.4 Å². The molecule has 38 heavy (non-hydrogen) atoms. The van der Waals surface area contributed by atoms with Crippen molar-refractivity contribution in [2.24, 2.45) is 17.6 Å². The van der Waals surface area contributed by atoms with Crippen molar-refractivity contribution in [2.75, 3.05) is 38.0 Å². The van der Waals surface area contributed by atoms with Crippen LogP contribution in [0.1, 0.15) is 5.69 Å². The van der Waals surface area contributed by atoms with Crippen LogP contribution >= 0.6 is 34.9 Å². The molecule has 3 atom stereocenters. The maximum Gasteiger partial charge on any atom is 0.316 e. The number of ether oxygens (including phenoxy) is 1. The second kappa shape index (κ2) is 10.4. The lowest BCUT2D eigenvalue weighted by Crippen LogP contribution is -2.83. The predicted octanol–water partition coefficient (Wildman–Crippen LogP) is -1.49. The van der Waals surface area contributed by atoms with Crippen LogP contribution in [0.3, 0.4) is 0 Å². The van der Waals surface area contributed by atoms with Gasteiger partial charge in [0, 0.05) is 37.6 Å². The number of carbonyl (C=O) groups excluding carboxylic acids is 2. The number of carboxylic acids is 1. The molecule has 204 valence electrons. The molecule has 4 rings (SSSR count). The summed E-state index contributed by atoms with van der Waals surface area (Å²) in [5.41, 5.74) is 1.61. The number of nitrogens with one attached hydrogen (secondary N) is 1. The molecule has 0 radical (unpaired) electrons. The number of aromatic hydroxyl groups is 1. The molecule has 2 aromatic rings. The molecule has 0 aromatic carbocycles. The lowest BCUT2D eigenvalue weighted by molar-refractivity contribution is -0.199. The number of thiazole rings is 1. The van der Waals surface area contributed by atoms with E-state index in [1.54, 1.807) is 0 Å². The number of nitrogens with zero attached hydrogens (tertiary/aromatic N) is 6. The second-order valence-electron chi connectivity index (χ2n) is 8.23. The number of aromatic nitrogens is 4. The van der Waals surface area contributed by atoms with Gasteiger partial charge >= 0.3 is 11.5 Å². The summed E-state index contributed by atoms with van der Waals surface area (Å²) < 4.78 is 6.53. The van der Waals surface area contributed by atoms with Crippen LogP contribution in [0.2, 0.25) is 0 Å². The number of amides is 2. The summed E-state index contributed by atoms with van der Waals surface area (Å²) in [5.74, 6) is -3.39. The Morgan fingerprint density at radius 1 is 1.37 bits per heavy atom. The monoisotopic (exact) mass is 586 g/mol. The molecule has 2 unspecified atom stereocenters. The van der Waals surface area contributed by atoms with Crippen LogP contribution in [0.25, 0.3) is 0 Å². The summed E-state index contributed by atoms with van der Waals surface area (Å²) in [5, 5.41) is 34.0. The lowest BCUT2D eigenvalue weighted by Gasteiger charge is -2.58. The Morgan fingerprint density at radius 3 is 2.71 bits per heavy atom. The van der Waals surface area contributed by atoms with Gasteiger partial charge in [-0.25, -0.2) is 4.98 Å². The van der Waals surface area contributed by atoms with Gasteiger partial charge in [-0.05, 0) is 0 Å². The van der Waals surface area contributed by atoms with Crippen LogP contribution < -0.4 is 16.6 Å². The lowest BCUT2D eigenvalue weighted by atomic mass is 9.88. The summed E-state index contributed by atoms with van der Waals surface area (Å²) in [4.78, 5) is 60.8. The van der Waals surface area contributed by atoms with Crippen molar-refractivity contribution >= 4 is 63.5 Å². The third-order valence-electron chi connectivity index (χ3n) is 5.93. The van der Waals surface area contributed by atoms with Crippen LogP contribution in [0.15, 0.2) is 20.5 Å². The van der Waals surface area contributed by atoms with Crippen LogP contribution in [0, 0.1) is 5.41 Å². The Kier molecular flexibility index (Phi) is 7.55. The van der Waals surface area contributed by atoms with Gasteiger partial charge in [-0.2, -0.15) is 0 Å². The van der Waals surface area contributed by atoms with E-state index in [2.05, 4.69) is 25.7 Å². The molecule has 19 heteroatoms. The predicted molar refractivity (Wildman–Crippen MR) is 136 cm³/mol. The fraction of sp³-hybridized carbons (Fsp3) is 0.474. The standard InChI is InChI=1S/C19H22N8O8S3/c1-26-12(30)11(29)23-24-17(26)38-7-18(15(32)33)5-27-13(31)19(34-2,14(27)37-6-18)22-10(28)9(25-35-3)8-4-36-16(20)21-8/h4,14H,5-7H2,1-3H3,(H2,20,21)(H,22,28)(H,23,29)(H,32,33)/t14-,18?,19?/m1/s1. The molecule has 0 spiro atoms. The Morgan fingerprint density at radius 2 is 2.11 bits per heavy atom. The number of oxime groups is 1. The summed E-state index contributed by atoms with van der Waals surface area (Å²) in [6, 6.07) is 0. The van der Waals surface area contributed by atoms with Gasteiger partial charge in [-0.15, -0.1) is 33.3 Å². The number of β-lactam (4-membered cyclic amide) rings is 1. The first-order valence-electron chi connectivity index (χ1n) is 10.6. The van der Waals surface area contributed by atoms with Gasteiger partial charge in [0.2, 0.25) is 0 Å². The second-order valence-corrected chi connectivity index (χ2v) is 11.1. The molecule has 16 nitrogen and oxygen atoms in total. The first-order valence-corrected chi connectivity index (χ1v) is 13.5. The molecule has 2 saturated heterocycles. The van der Waals surface area contributed by atoms with Crippen molar-refractivity contribution in [3.05, 3.63) is 21.4 Å². The number of hydrogen-bond acceptors (Lipinski definition) is 15. The minimum absolute atomic E-state index is 0.0475. The van der Waals surface area contributed by atoms with E-state index in [1.807, 2.05) is 0 Å². The molecule has 2 fully saturated rings. The number of nitrogens with two attached hydrogens (primary N) is 1. The van der Waals surface area contributed by atoms with E-state index in [9.17, 15) is 29.4 Å². The molecule has 2 aliphatic heterocycles. The van der Waals surface area contributed by atoms with E-state index in [1.165, 1.54) is 31.5 Å². The number of carboxylic acid groups (broad SMARTS) is 1. The SMILES string of the molecule is CON=C(C(=O)NC1(OC)C(=O)N2CC(CSc3nnc(O)c(=O)n3C)(C(=O)O)CS[C@@H]21)c1csc(N)n1. The zero-order valence-electron chi connectivity index (χ0n) is 20.1. The van der Waals surface area contributed by atoms with Crippen LogP contribution in [0.5, 0.6) is 5.88 Å². The van der Waals surface area contributed by atoms with Gasteiger partial charge in [-0.3, -0.25) is 23.7 Å². The number of aliphatic carboxylic acids is 1. The molecule has 0 aliphatic carbocycles. The highest BCUT2D eigenvalue weighted by Gasteiger charge is 2.67. The fourth-order valence-corrected chi connectivity index (χ4v) is 7.28. The van der Waals surface area contributed by atoms with Gasteiger partial charge in [0.25, 0.3) is 23.4 Å². The maximum absolute atomic E-state index is 13.3. The number of anilines is 1. The number of rotatable bonds is 9. The highest BCUT2D eigenvalue weighted by Crippen LogP contribution is 2.48. The zero-order valence-corrected chi connectivity index (χ0v) is 22.6. The third-order valence-corrected chi connectivity index (χ3v) is 9.53. The summed E-state index contributed by atoms with van der Waals surface area (Å²) >= 11 is 3.16. The van der Waals surface area contributed by atoms with Crippen molar-refractivity contribution in [1.82, 2.24) is 30.0 Å². The molecule has 2 aromatic heterocycles. The third kappa shape index (κ3) is 4.54. The summed E-state index contributed by atoms with van der Waals surface area (Å²) in [7, 11) is 3.87. The number of methoxy groups -OCH3 is 1. The van der Waals surface area contributed by atoms with Crippen molar-refractivity contribution in [3.63, 3.8) is 0 Å². The van der Waals surface area contributed by atoms with Crippen LogP contribution in [0.4, 0.5) is 5.13 Å². The van der Waals surface area contributed by atoms with Gasteiger partial charge in [0.1, 0.15) is 23.6 Å². The Hall–Kier alpha value is -3.42. The molecule has 4 heterocycles. The number of carbonyl (C=O) groups is 3. The Bertz CT molecular complexity index is 1380. The molecule has 0 saturated carbocycles. The number of nitrogen functional groups attached to an aromatic ring is 1. The van der Waals surface area contributed by atoms with Crippen LogP contribution in [-0.4, -0.2) is 102 Å². The largest absolute Gasteiger partial charge is 0.488 e. The first kappa shape index (κ1) is 27.6. The molecule has 5 N–H and O–H groups in total. The molecule has 2 amide bonds. The summed E-state index contributed by atoms with van der Waals surface area (Å²) in [6.45, 7) is -0.187. The minimum atomic E-state index is -1.78. The smallest absolute Gasteiger partial charge is 0.316 e. The van der Waals surface area contributed by atoms with Crippen molar-refractivity contribution in [3.8, 4) is 5.88 Å².